The molecule has 1 aromatic rings. The molecule has 0 amide bonds. The van der Waals surface area contributed by atoms with Gasteiger partial charge in [0.05, 0.1) is 12.7 Å². The highest BCUT2D eigenvalue weighted by molar-refractivity contribution is 5.19. The Morgan fingerprint density at radius 3 is 2.74 bits per heavy atom. The van der Waals surface area contributed by atoms with Crippen LogP contribution in [0.4, 0.5) is 4.39 Å². The number of hydrogen-bond donors (Lipinski definition) is 1. The fourth-order valence-electron chi connectivity index (χ4n) is 2.41. The first-order valence-electron chi connectivity index (χ1n) is 7.00. The van der Waals surface area contributed by atoms with Gasteiger partial charge in [0, 0.05) is 19.7 Å². The van der Waals surface area contributed by atoms with Gasteiger partial charge in [-0.2, -0.15) is 0 Å². The van der Waals surface area contributed by atoms with E-state index in [2.05, 4.69) is 4.90 Å². The second-order valence-corrected chi connectivity index (χ2v) is 5.00. The fourth-order valence-corrected chi connectivity index (χ4v) is 2.41. The van der Waals surface area contributed by atoms with Crippen LogP contribution in [-0.2, 0) is 4.74 Å². The average Bonchev–Trinajstić information content (AvgIpc) is 2.45. The third kappa shape index (κ3) is 4.56. The van der Waals surface area contributed by atoms with E-state index in [1.165, 1.54) is 12.1 Å². The molecule has 4 heteroatoms. The number of benzene rings is 1. The summed E-state index contributed by atoms with van der Waals surface area (Å²) in [6.07, 6.45) is 3.10. The molecule has 1 aliphatic rings. The maximum Gasteiger partial charge on any atom is 0.123 e. The number of halogens is 1. The van der Waals surface area contributed by atoms with Crippen molar-refractivity contribution in [2.45, 2.75) is 25.4 Å². The van der Waals surface area contributed by atoms with E-state index in [9.17, 15) is 4.39 Å². The maximum absolute atomic E-state index is 12.9. The number of nitrogens with zero attached hydrogens (tertiary/aromatic N) is 1. The number of ether oxygens (including phenoxy) is 1. The molecule has 1 unspecified atom stereocenters. The lowest BCUT2D eigenvalue weighted by molar-refractivity contribution is -0.0304. The molecule has 0 aliphatic carbocycles. The van der Waals surface area contributed by atoms with E-state index in [1.807, 2.05) is 0 Å². The Labute approximate surface area is 114 Å². The van der Waals surface area contributed by atoms with Gasteiger partial charge in [-0.05, 0) is 43.5 Å². The molecule has 1 heterocycles. The van der Waals surface area contributed by atoms with E-state index in [1.54, 1.807) is 12.1 Å². The Balaban J connectivity index is 1.81. The molecule has 106 valence electrons. The summed E-state index contributed by atoms with van der Waals surface area (Å²) in [5.41, 5.74) is 1.04. The first-order valence-corrected chi connectivity index (χ1v) is 7.00. The Bertz CT molecular complexity index is 369. The smallest absolute Gasteiger partial charge is 0.123 e. The van der Waals surface area contributed by atoms with Crippen LogP contribution in [-0.4, -0.2) is 42.9 Å². The van der Waals surface area contributed by atoms with Gasteiger partial charge < -0.3 is 9.84 Å². The summed E-state index contributed by atoms with van der Waals surface area (Å²) in [5.74, 6) is -0.208. The number of unbranched alkanes of at least 4 members (excludes halogenated alkanes) is 2. The molecular formula is C15H22FNO2. The van der Waals surface area contributed by atoms with Crippen molar-refractivity contribution in [1.29, 1.82) is 0 Å². The Morgan fingerprint density at radius 2 is 2.00 bits per heavy atom. The third-order valence-corrected chi connectivity index (χ3v) is 3.52. The standard InChI is InChI=1S/C15H22FNO2/c16-14-6-4-13(5-7-14)15-12-17(9-11-19-15)8-2-1-3-10-18/h4-7,15,18H,1-3,8-12H2. The molecule has 1 N–H and O–H groups in total. The maximum atomic E-state index is 12.9. The van der Waals surface area contributed by atoms with Crippen LogP contribution in [0.1, 0.15) is 30.9 Å². The highest BCUT2D eigenvalue weighted by Gasteiger charge is 2.21. The van der Waals surface area contributed by atoms with Crippen molar-refractivity contribution < 1.29 is 14.2 Å². The summed E-state index contributed by atoms with van der Waals surface area (Å²) >= 11 is 0. The van der Waals surface area contributed by atoms with Gasteiger partial charge in [0.15, 0.2) is 0 Å². The first kappa shape index (κ1) is 14.4. The van der Waals surface area contributed by atoms with E-state index in [4.69, 9.17) is 9.84 Å². The fraction of sp³-hybridized carbons (Fsp3) is 0.600. The molecule has 1 aliphatic heterocycles. The molecule has 0 aromatic heterocycles. The molecular weight excluding hydrogens is 245 g/mol. The zero-order valence-electron chi connectivity index (χ0n) is 11.2. The van der Waals surface area contributed by atoms with Crippen LogP contribution in [0.15, 0.2) is 24.3 Å². The normalized spacial score (nSPS) is 20.6. The molecule has 2 rings (SSSR count). The molecule has 1 aromatic carbocycles. The molecule has 1 fully saturated rings. The van der Waals surface area contributed by atoms with Gasteiger partial charge in [-0.25, -0.2) is 4.39 Å². The monoisotopic (exact) mass is 267 g/mol. The van der Waals surface area contributed by atoms with E-state index in [0.717, 1.165) is 51.1 Å². The molecule has 19 heavy (non-hydrogen) atoms. The minimum Gasteiger partial charge on any atom is -0.396 e. The predicted octanol–water partition coefficient (Wildman–Crippen LogP) is 2.36. The lowest BCUT2D eigenvalue weighted by Gasteiger charge is -2.33. The quantitative estimate of drug-likeness (QED) is 0.803. The van der Waals surface area contributed by atoms with Gasteiger partial charge in [-0.15, -0.1) is 0 Å². The van der Waals surface area contributed by atoms with Crippen LogP contribution in [0.5, 0.6) is 0 Å². The van der Waals surface area contributed by atoms with E-state index < -0.39 is 0 Å². The van der Waals surface area contributed by atoms with Gasteiger partial charge in [-0.1, -0.05) is 12.1 Å². The molecule has 0 radical (unpaired) electrons. The molecule has 0 spiro atoms. The van der Waals surface area contributed by atoms with Crippen LogP contribution < -0.4 is 0 Å². The second kappa shape index (κ2) is 7.58. The van der Waals surface area contributed by atoms with Crippen molar-refractivity contribution in [2.75, 3.05) is 32.8 Å². The SMILES string of the molecule is OCCCCCN1CCOC(c2ccc(F)cc2)C1. The summed E-state index contributed by atoms with van der Waals surface area (Å²) in [5, 5.41) is 8.75. The molecule has 3 nitrogen and oxygen atoms in total. The van der Waals surface area contributed by atoms with Crippen molar-refractivity contribution in [3.8, 4) is 0 Å². The number of morpholine rings is 1. The highest BCUT2D eigenvalue weighted by Crippen LogP contribution is 2.22. The van der Waals surface area contributed by atoms with E-state index in [0.29, 0.717) is 0 Å². The highest BCUT2D eigenvalue weighted by atomic mass is 19.1. The Hall–Kier alpha value is -0.970. The predicted molar refractivity (Wildman–Crippen MR) is 72.5 cm³/mol. The summed E-state index contributed by atoms with van der Waals surface area (Å²) in [4.78, 5) is 2.38. The Kier molecular flexibility index (Phi) is 5.76. The van der Waals surface area contributed by atoms with Crippen LogP contribution in [0, 0.1) is 5.82 Å². The minimum atomic E-state index is -0.208. The van der Waals surface area contributed by atoms with Crippen LogP contribution in [0.25, 0.3) is 0 Å². The number of hydrogen-bond acceptors (Lipinski definition) is 3. The summed E-state index contributed by atoms with van der Waals surface area (Å²) in [6, 6.07) is 6.57. The number of aliphatic hydroxyl groups is 1. The van der Waals surface area contributed by atoms with Gasteiger partial charge in [0.1, 0.15) is 5.82 Å². The number of aliphatic hydroxyl groups excluding tert-OH is 1. The topological polar surface area (TPSA) is 32.7 Å². The summed E-state index contributed by atoms with van der Waals surface area (Å²) in [6.45, 7) is 3.87. The zero-order valence-corrected chi connectivity index (χ0v) is 11.2. The van der Waals surface area contributed by atoms with Crippen molar-refractivity contribution >= 4 is 0 Å². The van der Waals surface area contributed by atoms with Gasteiger partial charge in [0.25, 0.3) is 0 Å². The second-order valence-electron chi connectivity index (χ2n) is 5.00. The van der Waals surface area contributed by atoms with Crippen LogP contribution in [0.2, 0.25) is 0 Å². The van der Waals surface area contributed by atoms with Gasteiger partial charge >= 0.3 is 0 Å². The van der Waals surface area contributed by atoms with E-state index >= 15 is 0 Å². The third-order valence-electron chi connectivity index (χ3n) is 3.52. The van der Waals surface area contributed by atoms with Crippen molar-refractivity contribution in [3.05, 3.63) is 35.6 Å². The molecule has 0 bridgehead atoms. The number of rotatable bonds is 6. The van der Waals surface area contributed by atoms with Gasteiger partial charge in [-0.3, -0.25) is 4.90 Å². The summed E-state index contributed by atoms with van der Waals surface area (Å²) < 4.78 is 18.7. The van der Waals surface area contributed by atoms with Crippen molar-refractivity contribution in [3.63, 3.8) is 0 Å². The molecule has 1 atom stereocenters. The average molecular weight is 267 g/mol. The Morgan fingerprint density at radius 1 is 1.21 bits per heavy atom. The largest absolute Gasteiger partial charge is 0.396 e. The first-order chi connectivity index (χ1) is 9.29. The van der Waals surface area contributed by atoms with Gasteiger partial charge in [0.2, 0.25) is 0 Å². The zero-order chi connectivity index (χ0) is 13.5. The lowest BCUT2D eigenvalue weighted by Crippen LogP contribution is -2.38. The summed E-state index contributed by atoms with van der Waals surface area (Å²) in [7, 11) is 0. The van der Waals surface area contributed by atoms with Crippen molar-refractivity contribution in [2.24, 2.45) is 0 Å². The van der Waals surface area contributed by atoms with Crippen LogP contribution >= 0.6 is 0 Å². The molecule has 0 saturated carbocycles. The lowest BCUT2D eigenvalue weighted by atomic mass is 10.1. The van der Waals surface area contributed by atoms with Crippen LogP contribution in [0.3, 0.4) is 0 Å². The van der Waals surface area contributed by atoms with Crippen molar-refractivity contribution in [1.82, 2.24) is 4.90 Å². The molecule has 1 saturated heterocycles. The minimum absolute atomic E-state index is 0.0483. The van der Waals surface area contributed by atoms with E-state index in [-0.39, 0.29) is 18.5 Å².